The number of benzene rings is 1. The van der Waals surface area contributed by atoms with Gasteiger partial charge < -0.3 is 9.47 Å². The molecule has 0 N–H and O–H groups in total. The van der Waals surface area contributed by atoms with E-state index in [-0.39, 0.29) is 11.4 Å². The highest BCUT2D eigenvalue weighted by molar-refractivity contribution is 5.70. The second-order valence-corrected chi connectivity index (χ2v) is 8.24. The molecule has 23 heavy (non-hydrogen) atoms. The third-order valence-corrected chi connectivity index (χ3v) is 4.94. The van der Waals surface area contributed by atoms with Crippen LogP contribution in [0.15, 0.2) is 30.3 Å². The lowest BCUT2D eigenvalue weighted by Crippen LogP contribution is -2.48. The van der Waals surface area contributed by atoms with Crippen molar-refractivity contribution in [1.82, 2.24) is 0 Å². The van der Waals surface area contributed by atoms with Gasteiger partial charge in [-0.1, -0.05) is 44.2 Å². The van der Waals surface area contributed by atoms with Crippen molar-refractivity contribution in [2.45, 2.75) is 59.7 Å². The van der Waals surface area contributed by atoms with E-state index < -0.39 is 5.60 Å². The van der Waals surface area contributed by atoms with Gasteiger partial charge in [-0.05, 0) is 50.0 Å². The third-order valence-electron chi connectivity index (χ3n) is 4.94. The van der Waals surface area contributed by atoms with Crippen molar-refractivity contribution in [3.05, 3.63) is 35.9 Å². The van der Waals surface area contributed by atoms with Crippen LogP contribution >= 0.6 is 0 Å². The minimum atomic E-state index is -0.400. The Morgan fingerprint density at radius 1 is 1.17 bits per heavy atom. The van der Waals surface area contributed by atoms with Crippen molar-refractivity contribution in [2.24, 2.45) is 17.3 Å². The van der Waals surface area contributed by atoms with Crippen molar-refractivity contribution in [1.29, 1.82) is 0 Å². The lowest BCUT2D eigenvalue weighted by molar-refractivity contribution is -0.162. The quantitative estimate of drug-likeness (QED) is 0.719. The number of carbonyl (C=O) groups excluding carboxylic acids is 1. The largest absolute Gasteiger partial charge is 0.460 e. The summed E-state index contributed by atoms with van der Waals surface area (Å²) in [6, 6.07) is 10.2. The summed E-state index contributed by atoms with van der Waals surface area (Å²) in [7, 11) is 0. The predicted molar refractivity (Wildman–Crippen MR) is 91.9 cm³/mol. The first-order valence-corrected chi connectivity index (χ1v) is 8.52. The van der Waals surface area contributed by atoms with E-state index in [4.69, 9.17) is 9.47 Å². The zero-order valence-electron chi connectivity index (χ0n) is 15.1. The highest BCUT2D eigenvalue weighted by Crippen LogP contribution is 2.53. The Kier molecular flexibility index (Phi) is 5.51. The number of carbonyl (C=O) groups is 1. The Labute approximate surface area is 140 Å². The highest BCUT2D eigenvalue weighted by atomic mass is 16.6. The molecule has 2 rings (SSSR count). The van der Waals surface area contributed by atoms with Crippen molar-refractivity contribution in [3.8, 4) is 0 Å². The second kappa shape index (κ2) is 7.04. The lowest BCUT2D eigenvalue weighted by atomic mass is 9.54. The maximum Gasteiger partial charge on any atom is 0.306 e. The van der Waals surface area contributed by atoms with Gasteiger partial charge >= 0.3 is 5.97 Å². The van der Waals surface area contributed by atoms with Crippen LogP contribution in [0.5, 0.6) is 0 Å². The molecule has 1 aliphatic carbocycles. The monoisotopic (exact) mass is 318 g/mol. The van der Waals surface area contributed by atoms with Crippen LogP contribution in [-0.4, -0.2) is 18.2 Å². The second-order valence-electron chi connectivity index (χ2n) is 8.24. The van der Waals surface area contributed by atoms with Gasteiger partial charge in [-0.15, -0.1) is 0 Å². The molecule has 3 heteroatoms. The normalized spacial score (nSPS) is 23.2. The molecule has 1 aromatic rings. The summed E-state index contributed by atoms with van der Waals surface area (Å²) in [5.41, 5.74) is 0.937. The fourth-order valence-electron chi connectivity index (χ4n) is 3.23. The van der Waals surface area contributed by atoms with Crippen LogP contribution < -0.4 is 0 Å². The summed E-state index contributed by atoms with van der Waals surface area (Å²) in [5.74, 6) is 0.820. The fraction of sp³-hybridized carbons (Fsp3) is 0.650. The van der Waals surface area contributed by atoms with Crippen LogP contribution in [0, 0.1) is 17.3 Å². The summed E-state index contributed by atoms with van der Waals surface area (Å²) in [6.45, 7) is 11.6. The molecule has 1 aliphatic rings. The molecule has 0 amide bonds. The van der Waals surface area contributed by atoms with Gasteiger partial charge in [-0.2, -0.15) is 0 Å². The van der Waals surface area contributed by atoms with Crippen molar-refractivity contribution < 1.29 is 14.3 Å². The summed E-state index contributed by atoms with van der Waals surface area (Å²) < 4.78 is 11.3. The molecule has 1 fully saturated rings. The Balaban J connectivity index is 1.74. The first-order valence-electron chi connectivity index (χ1n) is 8.52. The van der Waals surface area contributed by atoms with E-state index in [9.17, 15) is 4.79 Å². The lowest BCUT2D eigenvalue weighted by Gasteiger charge is -2.52. The molecule has 128 valence electrons. The van der Waals surface area contributed by atoms with Gasteiger partial charge in [-0.3, -0.25) is 4.79 Å². The van der Waals surface area contributed by atoms with Crippen LogP contribution in [0.3, 0.4) is 0 Å². The number of ether oxygens (including phenoxy) is 2. The van der Waals surface area contributed by atoms with Gasteiger partial charge in [0.1, 0.15) is 5.60 Å². The number of rotatable bonds is 6. The van der Waals surface area contributed by atoms with Gasteiger partial charge in [0.25, 0.3) is 0 Å². The summed E-state index contributed by atoms with van der Waals surface area (Å²) in [5, 5.41) is 0. The average Bonchev–Trinajstić information content (AvgIpc) is 2.44. The Morgan fingerprint density at radius 2 is 1.83 bits per heavy atom. The van der Waals surface area contributed by atoms with Gasteiger partial charge in [0.2, 0.25) is 0 Å². The Morgan fingerprint density at radius 3 is 2.39 bits per heavy atom. The maximum absolute atomic E-state index is 12.0. The first-order chi connectivity index (χ1) is 10.7. The van der Waals surface area contributed by atoms with Crippen LogP contribution in [0.1, 0.15) is 53.0 Å². The van der Waals surface area contributed by atoms with Crippen LogP contribution in [0.2, 0.25) is 0 Å². The molecule has 2 atom stereocenters. The summed E-state index contributed by atoms with van der Waals surface area (Å²) >= 11 is 0. The zero-order valence-corrected chi connectivity index (χ0v) is 15.1. The standard InChI is InChI=1S/C20H30O3/c1-19(2,3)23-18(21)12-16-11-17(20(16,4)5)14-22-13-15-9-7-6-8-10-15/h6-10,16-17H,11-14H2,1-5H3. The molecule has 0 spiro atoms. The molecule has 3 nitrogen and oxygen atoms in total. The summed E-state index contributed by atoms with van der Waals surface area (Å²) in [6.07, 6.45) is 1.56. The molecule has 0 bridgehead atoms. The number of hydrogen-bond donors (Lipinski definition) is 0. The van der Waals surface area contributed by atoms with Crippen LogP contribution in [0.25, 0.3) is 0 Å². The van der Waals surface area contributed by atoms with Gasteiger partial charge in [0.15, 0.2) is 0 Å². The predicted octanol–water partition coefficient (Wildman–Crippen LogP) is 4.60. The van der Waals surface area contributed by atoms with Crippen LogP contribution in [0.4, 0.5) is 0 Å². The van der Waals surface area contributed by atoms with Crippen molar-refractivity contribution in [2.75, 3.05) is 6.61 Å². The zero-order chi connectivity index (χ0) is 17.1. The molecular weight excluding hydrogens is 288 g/mol. The topological polar surface area (TPSA) is 35.5 Å². The number of hydrogen-bond acceptors (Lipinski definition) is 3. The fourth-order valence-corrected chi connectivity index (χ4v) is 3.23. The number of esters is 1. The van der Waals surface area contributed by atoms with Gasteiger partial charge in [0.05, 0.1) is 13.2 Å². The Bertz CT molecular complexity index is 513. The SMILES string of the molecule is CC(C)(C)OC(=O)CC1CC(COCc2ccccc2)C1(C)C. The molecule has 0 heterocycles. The van der Waals surface area contributed by atoms with E-state index >= 15 is 0 Å². The molecule has 0 aliphatic heterocycles. The van der Waals surface area contributed by atoms with Crippen molar-refractivity contribution in [3.63, 3.8) is 0 Å². The minimum Gasteiger partial charge on any atom is -0.460 e. The smallest absolute Gasteiger partial charge is 0.306 e. The molecule has 0 aromatic heterocycles. The average molecular weight is 318 g/mol. The first kappa shape index (κ1) is 18.0. The maximum atomic E-state index is 12.0. The van der Waals surface area contributed by atoms with E-state index in [1.54, 1.807) is 0 Å². The van der Waals surface area contributed by atoms with E-state index in [0.717, 1.165) is 13.0 Å². The molecule has 1 aromatic carbocycles. The minimum absolute atomic E-state index is 0.0840. The molecular formula is C20H30O3. The molecule has 0 saturated heterocycles. The van der Waals surface area contributed by atoms with E-state index in [0.29, 0.717) is 24.9 Å². The van der Waals surface area contributed by atoms with E-state index in [1.165, 1.54) is 5.56 Å². The van der Waals surface area contributed by atoms with E-state index in [1.807, 2.05) is 39.0 Å². The Hall–Kier alpha value is -1.35. The van der Waals surface area contributed by atoms with Gasteiger partial charge in [0, 0.05) is 6.42 Å². The summed E-state index contributed by atoms with van der Waals surface area (Å²) in [4.78, 5) is 12.0. The highest BCUT2D eigenvalue weighted by Gasteiger charge is 2.48. The molecule has 1 saturated carbocycles. The van der Waals surface area contributed by atoms with Gasteiger partial charge in [-0.25, -0.2) is 0 Å². The molecule has 0 radical (unpaired) electrons. The third kappa shape index (κ3) is 5.07. The van der Waals surface area contributed by atoms with Crippen molar-refractivity contribution >= 4 is 5.97 Å². The van der Waals surface area contributed by atoms with E-state index in [2.05, 4.69) is 26.0 Å². The van der Waals surface area contributed by atoms with Crippen LogP contribution in [-0.2, 0) is 20.9 Å². The molecule has 2 unspecified atom stereocenters.